The fourth-order valence-corrected chi connectivity index (χ4v) is 5.78. The summed E-state index contributed by atoms with van der Waals surface area (Å²) < 4.78 is 4.96. The Kier molecular flexibility index (Phi) is 12.2. The average molecular weight is 431 g/mol. The Bertz CT molecular complexity index is 458. The Morgan fingerprint density at radius 3 is 2.38 bits per heavy atom. The molecule has 0 amide bonds. The van der Waals surface area contributed by atoms with Crippen molar-refractivity contribution in [1.82, 2.24) is 0 Å². The molecule has 0 radical (unpaired) electrons. The van der Waals surface area contributed by atoms with Crippen molar-refractivity contribution in [2.24, 2.45) is 11.3 Å². The van der Waals surface area contributed by atoms with Crippen LogP contribution < -0.4 is 0 Å². The molecule has 29 heavy (non-hydrogen) atoms. The molecule has 172 valence electrons. The molecule has 0 heterocycles. The molecule has 0 spiro atoms. The molecule has 4 atom stereocenters. The number of carbonyl (C=O) groups is 1. The lowest BCUT2D eigenvalue weighted by Gasteiger charge is -2.28. The molecule has 2 N–H and O–H groups in total. The number of ether oxygens (including phenoxy) is 1. The number of thioether (sulfide) groups is 1. The Morgan fingerprint density at radius 2 is 1.72 bits per heavy atom. The highest BCUT2D eigenvalue weighted by atomic mass is 32.2. The maximum absolute atomic E-state index is 11.4. The second kappa shape index (κ2) is 13.2. The molecule has 1 aliphatic carbocycles. The van der Waals surface area contributed by atoms with Gasteiger partial charge in [-0.3, -0.25) is 4.79 Å². The molecule has 0 saturated heterocycles. The van der Waals surface area contributed by atoms with Crippen LogP contribution in [0.3, 0.4) is 0 Å². The van der Waals surface area contributed by atoms with E-state index in [1.165, 1.54) is 0 Å². The second-order valence-corrected chi connectivity index (χ2v) is 11.6. The molecule has 0 aliphatic heterocycles. The van der Waals surface area contributed by atoms with Gasteiger partial charge in [0.25, 0.3) is 0 Å². The molecule has 1 aliphatic rings. The van der Waals surface area contributed by atoms with Crippen LogP contribution in [0, 0.1) is 11.3 Å². The third kappa shape index (κ3) is 12.2. The fourth-order valence-electron chi connectivity index (χ4n) is 4.19. The Morgan fingerprint density at radius 1 is 1.03 bits per heavy atom. The van der Waals surface area contributed by atoms with Gasteiger partial charge in [-0.25, -0.2) is 0 Å². The molecule has 0 bridgehead atoms. The van der Waals surface area contributed by atoms with Gasteiger partial charge in [0.1, 0.15) is 0 Å². The number of aliphatic hydroxyl groups is 2. The minimum atomic E-state index is -0.624. The van der Waals surface area contributed by atoms with Gasteiger partial charge in [0.15, 0.2) is 0 Å². The van der Waals surface area contributed by atoms with Crippen molar-refractivity contribution in [1.29, 1.82) is 0 Å². The molecule has 0 aromatic rings. The first-order valence-corrected chi connectivity index (χ1v) is 12.8. The number of hydrogen-bond acceptors (Lipinski definition) is 5. The average Bonchev–Trinajstić information content (AvgIpc) is 2.95. The monoisotopic (exact) mass is 430 g/mol. The number of rotatable bonds is 14. The highest BCUT2D eigenvalue weighted by Gasteiger charge is 2.36. The maximum Gasteiger partial charge on any atom is 0.305 e. The normalized spacial score (nSPS) is 24.4. The van der Waals surface area contributed by atoms with E-state index in [2.05, 4.69) is 20.8 Å². The summed E-state index contributed by atoms with van der Waals surface area (Å²) in [6, 6.07) is 0. The summed E-state index contributed by atoms with van der Waals surface area (Å²) in [6.07, 6.45) is 10.5. The van der Waals surface area contributed by atoms with Gasteiger partial charge in [-0.15, -0.1) is 0 Å². The minimum Gasteiger partial charge on any atom is -0.466 e. The molecule has 0 aromatic heterocycles. The topological polar surface area (TPSA) is 66.8 Å². The fraction of sp³-hybridized carbons (Fsp3) is 0.958. The van der Waals surface area contributed by atoms with E-state index in [0.717, 1.165) is 70.0 Å². The second-order valence-electron chi connectivity index (χ2n) is 10.3. The van der Waals surface area contributed by atoms with Crippen LogP contribution >= 0.6 is 11.8 Å². The van der Waals surface area contributed by atoms with E-state index in [0.29, 0.717) is 29.6 Å². The van der Waals surface area contributed by atoms with Gasteiger partial charge in [0.05, 0.1) is 18.3 Å². The van der Waals surface area contributed by atoms with Gasteiger partial charge in [-0.2, -0.15) is 11.8 Å². The van der Waals surface area contributed by atoms with Crippen LogP contribution in [0.4, 0.5) is 0 Å². The first kappa shape index (κ1) is 26.8. The van der Waals surface area contributed by atoms with E-state index in [9.17, 15) is 15.0 Å². The lowest BCUT2D eigenvalue weighted by molar-refractivity contribution is -0.143. The van der Waals surface area contributed by atoms with E-state index in [1.807, 2.05) is 25.6 Å². The van der Waals surface area contributed by atoms with Crippen LogP contribution in [0.1, 0.15) is 105 Å². The van der Waals surface area contributed by atoms with Crippen LogP contribution in [0.5, 0.6) is 0 Å². The van der Waals surface area contributed by atoms with Crippen LogP contribution in [0.15, 0.2) is 0 Å². The zero-order valence-corrected chi connectivity index (χ0v) is 20.4. The highest BCUT2D eigenvalue weighted by Crippen LogP contribution is 2.40. The summed E-state index contributed by atoms with van der Waals surface area (Å²) in [7, 11) is 0. The molecule has 0 aromatic carbocycles. The SMILES string of the molecule is CCOC(=O)CCCCCCC1C(O)CCC1SCC(C)(O)CCCC(C)(C)C. The van der Waals surface area contributed by atoms with Gasteiger partial charge < -0.3 is 14.9 Å². The van der Waals surface area contributed by atoms with Gasteiger partial charge in [0.2, 0.25) is 0 Å². The largest absolute Gasteiger partial charge is 0.466 e. The van der Waals surface area contributed by atoms with E-state index in [4.69, 9.17) is 4.74 Å². The van der Waals surface area contributed by atoms with Gasteiger partial charge in [0, 0.05) is 17.4 Å². The van der Waals surface area contributed by atoms with Crippen molar-refractivity contribution in [3.63, 3.8) is 0 Å². The van der Waals surface area contributed by atoms with Crippen LogP contribution in [-0.4, -0.2) is 45.5 Å². The van der Waals surface area contributed by atoms with Crippen LogP contribution in [0.25, 0.3) is 0 Å². The summed E-state index contributed by atoms with van der Waals surface area (Å²) in [5.41, 5.74) is -0.304. The summed E-state index contributed by atoms with van der Waals surface area (Å²) in [5.74, 6) is 1.00. The van der Waals surface area contributed by atoms with Crippen molar-refractivity contribution >= 4 is 17.7 Å². The molecule has 1 rings (SSSR count). The lowest BCUT2D eigenvalue weighted by Crippen LogP contribution is -2.30. The van der Waals surface area contributed by atoms with Gasteiger partial charge in [-0.05, 0) is 63.7 Å². The Hall–Kier alpha value is -0.260. The third-order valence-electron chi connectivity index (χ3n) is 5.94. The van der Waals surface area contributed by atoms with Crippen LogP contribution in [-0.2, 0) is 9.53 Å². The number of esters is 1. The molecule has 1 saturated carbocycles. The van der Waals surface area contributed by atoms with E-state index < -0.39 is 5.60 Å². The molecule has 1 fully saturated rings. The summed E-state index contributed by atoms with van der Waals surface area (Å²) in [4.78, 5) is 11.4. The quantitative estimate of drug-likeness (QED) is 0.272. The van der Waals surface area contributed by atoms with Crippen molar-refractivity contribution < 1.29 is 19.7 Å². The molecule has 4 unspecified atom stereocenters. The zero-order chi connectivity index (χ0) is 21.9. The van der Waals surface area contributed by atoms with Crippen molar-refractivity contribution in [3.8, 4) is 0 Å². The predicted molar refractivity (Wildman–Crippen MR) is 123 cm³/mol. The molecule has 5 heteroatoms. The number of unbranched alkanes of at least 4 members (excludes halogenated alkanes) is 3. The maximum atomic E-state index is 11.4. The molecule has 4 nitrogen and oxygen atoms in total. The summed E-state index contributed by atoms with van der Waals surface area (Å²) >= 11 is 1.87. The number of aliphatic hydroxyl groups excluding tert-OH is 1. The van der Waals surface area contributed by atoms with Gasteiger partial charge >= 0.3 is 5.97 Å². The minimum absolute atomic E-state index is 0.0928. The number of carbonyl (C=O) groups excluding carboxylic acids is 1. The smallest absolute Gasteiger partial charge is 0.305 e. The zero-order valence-electron chi connectivity index (χ0n) is 19.5. The van der Waals surface area contributed by atoms with Crippen molar-refractivity contribution in [3.05, 3.63) is 0 Å². The lowest BCUT2D eigenvalue weighted by atomic mass is 9.87. The Balaban J connectivity index is 2.27. The highest BCUT2D eigenvalue weighted by molar-refractivity contribution is 8.00. The van der Waals surface area contributed by atoms with Gasteiger partial charge in [-0.1, -0.05) is 46.5 Å². The van der Waals surface area contributed by atoms with E-state index in [1.54, 1.807) is 0 Å². The van der Waals surface area contributed by atoms with E-state index in [-0.39, 0.29) is 12.1 Å². The summed E-state index contributed by atoms with van der Waals surface area (Å²) in [5, 5.41) is 21.6. The predicted octanol–water partition coefficient (Wildman–Crippen LogP) is 5.73. The number of hydrogen-bond donors (Lipinski definition) is 2. The third-order valence-corrected chi connectivity index (χ3v) is 7.74. The molecular formula is C24H46O4S. The van der Waals surface area contributed by atoms with E-state index >= 15 is 0 Å². The standard InChI is InChI=1S/C24H46O4S/c1-6-28-22(26)13-10-8-7-9-12-19-20(25)14-15-21(19)29-18-24(5,27)17-11-16-23(2,3)4/h19-21,25,27H,6-18H2,1-5H3. The van der Waals surface area contributed by atoms with Crippen molar-refractivity contribution in [2.75, 3.05) is 12.4 Å². The van der Waals surface area contributed by atoms with Crippen LogP contribution in [0.2, 0.25) is 0 Å². The molecular weight excluding hydrogens is 384 g/mol. The first-order valence-electron chi connectivity index (χ1n) is 11.7. The Labute approximate surface area is 183 Å². The van der Waals surface area contributed by atoms with Crippen molar-refractivity contribution in [2.45, 2.75) is 122 Å². The first-order chi connectivity index (χ1) is 13.5. The summed E-state index contributed by atoms with van der Waals surface area (Å²) in [6.45, 7) is 11.0.